The summed E-state index contributed by atoms with van der Waals surface area (Å²) >= 11 is 0. The second kappa shape index (κ2) is 6.10. The molecular formula is C16H23FN2O. The zero-order chi connectivity index (χ0) is 13.9. The maximum atomic E-state index is 14.0. The molecule has 4 heteroatoms. The summed E-state index contributed by atoms with van der Waals surface area (Å²) in [6.45, 7) is 3.86. The Kier molecular flexibility index (Phi) is 4.22. The number of ether oxygens (including phenoxy) is 1. The minimum atomic E-state index is -0.162. The van der Waals surface area contributed by atoms with E-state index in [9.17, 15) is 4.39 Å². The molecule has 1 aliphatic heterocycles. The van der Waals surface area contributed by atoms with Crippen molar-refractivity contribution in [3.63, 3.8) is 0 Å². The van der Waals surface area contributed by atoms with Crippen LogP contribution >= 0.6 is 0 Å². The van der Waals surface area contributed by atoms with Gasteiger partial charge in [0.25, 0.3) is 0 Å². The third kappa shape index (κ3) is 3.30. The standard InChI is InChI=1S/C16H23FN2O/c1-20-14-6-5-13(15(17)9-14)10-19-8-2-7-18-16(11-19)12-3-4-12/h5-6,9,12,16,18H,2-4,7-8,10-11H2,1H3. The number of nitrogens with one attached hydrogen (secondary N) is 1. The van der Waals surface area contributed by atoms with Gasteiger partial charge in [-0.1, -0.05) is 6.07 Å². The van der Waals surface area contributed by atoms with E-state index in [0.29, 0.717) is 18.3 Å². The summed E-state index contributed by atoms with van der Waals surface area (Å²) in [7, 11) is 1.56. The van der Waals surface area contributed by atoms with Crippen molar-refractivity contribution in [3.05, 3.63) is 29.6 Å². The van der Waals surface area contributed by atoms with Gasteiger partial charge in [0, 0.05) is 30.8 Å². The molecule has 0 spiro atoms. The van der Waals surface area contributed by atoms with Crippen LogP contribution in [0.4, 0.5) is 4.39 Å². The van der Waals surface area contributed by atoms with Gasteiger partial charge in [-0.05, 0) is 44.3 Å². The molecule has 1 N–H and O–H groups in total. The van der Waals surface area contributed by atoms with E-state index < -0.39 is 0 Å². The fraction of sp³-hybridized carbons (Fsp3) is 0.625. The predicted octanol–water partition coefficient (Wildman–Crippen LogP) is 2.41. The maximum Gasteiger partial charge on any atom is 0.131 e. The van der Waals surface area contributed by atoms with E-state index in [1.807, 2.05) is 12.1 Å². The van der Waals surface area contributed by atoms with E-state index in [1.54, 1.807) is 7.11 Å². The molecule has 1 heterocycles. The van der Waals surface area contributed by atoms with E-state index in [4.69, 9.17) is 4.74 Å². The summed E-state index contributed by atoms with van der Waals surface area (Å²) < 4.78 is 19.1. The van der Waals surface area contributed by atoms with Crippen molar-refractivity contribution in [1.29, 1.82) is 0 Å². The Morgan fingerprint density at radius 3 is 2.95 bits per heavy atom. The first-order chi connectivity index (χ1) is 9.76. The molecule has 1 aromatic rings. The molecule has 1 aliphatic carbocycles. The van der Waals surface area contributed by atoms with Crippen LogP contribution < -0.4 is 10.1 Å². The summed E-state index contributed by atoms with van der Waals surface area (Å²) in [4.78, 5) is 2.38. The zero-order valence-corrected chi connectivity index (χ0v) is 12.1. The Balaban J connectivity index is 1.66. The second-order valence-electron chi connectivity index (χ2n) is 5.94. The fourth-order valence-corrected chi connectivity index (χ4v) is 3.01. The van der Waals surface area contributed by atoms with Crippen LogP contribution in [0.3, 0.4) is 0 Å². The molecular weight excluding hydrogens is 255 g/mol. The van der Waals surface area contributed by atoms with Crippen LogP contribution in [0.2, 0.25) is 0 Å². The number of rotatable bonds is 4. The normalized spacial score (nSPS) is 24.4. The van der Waals surface area contributed by atoms with Crippen molar-refractivity contribution in [1.82, 2.24) is 10.2 Å². The van der Waals surface area contributed by atoms with Crippen LogP contribution in [-0.2, 0) is 6.54 Å². The molecule has 110 valence electrons. The van der Waals surface area contributed by atoms with Gasteiger partial charge < -0.3 is 10.1 Å². The van der Waals surface area contributed by atoms with E-state index in [2.05, 4.69) is 10.2 Å². The molecule has 2 aliphatic rings. The third-order valence-electron chi connectivity index (χ3n) is 4.36. The van der Waals surface area contributed by atoms with Crippen molar-refractivity contribution in [2.75, 3.05) is 26.7 Å². The molecule has 3 nitrogen and oxygen atoms in total. The molecule has 0 aromatic heterocycles. The van der Waals surface area contributed by atoms with Crippen LogP contribution in [0.1, 0.15) is 24.8 Å². The lowest BCUT2D eigenvalue weighted by Crippen LogP contribution is -2.39. The number of benzene rings is 1. The van der Waals surface area contributed by atoms with Crippen LogP contribution in [0.25, 0.3) is 0 Å². The first-order valence-electron chi connectivity index (χ1n) is 7.54. The average Bonchev–Trinajstić information content (AvgIpc) is 3.27. The highest BCUT2D eigenvalue weighted by molar-refractivity contribution is 5.28. The lowest BCUT2D eigenvalue weighted by atomic mass is 10.1. The molecule has 1 aromatic carbocycles. The second-order valence-corrected chi connectivity index (χ2v) is 5.94. The number of hydrogen-bond donors (Lipinski definition) is 1. The minimum absolute atomic E-state index is 0.162. The highest BCUT2D eigenvalue weighted by Gasteiger charge is 2.33. The first-order valence-corrected chi connectivity index (χ1v) is 7.54. The van der Waals surface area contributed by atoms with Gasteiger partial charge >= 0.3 is 0 Å². The Morgan fingerprint density at radius 2 is 2.25 bits per heavy atom. The number of nitrogens with zero attached hydrogens (tertiary/aromatic N) is 1. The summed E-state index contributed by atoms with van der Waals surface area (Å²) in [5, 5.41) is 3.64. The van der Waals surface area contributed by atoms with Gasteiger partial charge in [0.15, 0.2) is 0 Å². The van der Waals surface area contributed by atoms with Gasteiger partial charge in [0.05, 0.1) is 7.11 Å². The Morgan fingerprint density at radius 1 is 1.40 bits per heavy atom. The van der Waals surface area contributed by atoms with Gasteiger partial charge in [-0.3, -0.25) is 4.90 Å². The molecule has 1 saturated heterocycles. The third-order valence-corrected chi connectivity index (χ3v) is 4.36. The number of methoxy groups -OCH3 is 1. The Bertz CT molecular complexity index is 462. The summed E-state index contributed by atoms with van der Waals surface area (Å²) in [5.41, 5.74) is 0.766. The van der Waals surface area contributed by atoms with Crippen molar-refractivity contribution in [2.45, 2.75) is 31.8 Å². The highest BCUT2D eigenvalue weighted by Crippen LogP contribution is 2.33. The number of hydrogen-bond acceptors (Lipinski definition) is 3. The average molecular weight is 278 g/mol. The molecule has 2 fully saturated rings. The summed E-state index contributed by atoms with van der Waals surface area (Å²) in [6, 6.07) is 5.76. The fourth-order valence-electron chi connectivity index (χ4n) is 3.01. The van der Waals surface area contributed by atoms with E-state index >= 15 is 0 Å². The van der Waals surface area contributed by atoms with Crippen LogP contribution in [0.5, 0.6) is 5.75 Å². The van der Waals surface area contributed by atoms with Gasteiger partial charge in [-0.2, -0.15) is 0 Å². The quantitative estimate of drug-likeness (QED) is 0.915. The SMILES string of the molecule is COc1ccc(CN2CCCNC(C3CC3)C2)c(F)c1. The minimum Gasteiger partial charge on any atom is -0.497 e. The van der Waals surface area contributed by atoms with Gasteiger partial charge in [0.2, 0.25) is 0 Å². The van der Waals surface area contributed by atoms with E-state index in [1.165, 1.54) is 18.9 Å². The monoisotopic (exact) mass is 278 g/mol. The zero-order valence-electron chi connectivity index (χ0n) is 12.1. The molecule has 3 rings (SSSR count). The molecule has 20 heavy (non-hydrogen) atoms. The lowest BCUT2D eigenvalue weighted by molar-refractivity contribution is 0.247. The van der Waals surface area contributed by atoms with Crippen molar-refractivity contribution in [3.8, 4) is 5.75 Å². The lowest BCUT2D eigenvalue weighted by Gasteiger charge is -2.24. The topological polar surface area (TPSA) is 24.5 Å². The molecule has 1 atom stereocenters. The Hall–Kier alpha value is -1.13. The van der Waals surface area contributed by atoms with Crippen LogP contribution in [0, 0.1) is 11.7 Å². The largest absolute Gasteiger partial charge is 0.497 e. The smallest absolute Gasteiger partial charge is 0.131 e. The van der Waals surface area contributed by atoms with Crippen molar-refractivity contribution < 1.29 is 9.13 Å². The van der Waals surface area contributed by atoms with Gasteiger partial charge in [-0.25, -0.2) is 4.39 Å². The van der Waals surface area contributed by atoms with E-state index in [-0.39, 0.29) is 5.82 Å². The van der Waals surface area contributed by atoms with Crippen molar-refractivity contribution in [2.24, 2.45) is 5.92 Å². The van der Waals surface area contributed by atoms with Gasteiger partial charge in [-0.15, -0.1) is 0 Å². The summed E-state index contributed by atoms with van der Waals surface area (Å²) in [6.07, 6.45) is 3.84. The predicted molar refractivity (Wildman–Crippen MR) is 77.4 cm³/mol. The molecule has 0 radical (unpaired) electrons. The van der Waals surface area contributed by atoms with Crippen LogP contribution in [-0.4, -0.2) is 37.7 Å². The van der Waals surface area contributed by atoms with Crippen LogP contribution in [0.15, 0.2) is 18.2 Å². The maximum absolute atomic E-state index is 14.0. The van der Waals surface area contributed by atoms with E-state index in [0.717, 1.165) is 37.5 Å². The molecule has 0 amide bonds. The molecule has 1 saturated carbocycles. The Labute approximate surface area is 120 Å². The molecule has 0 bridgehead atoms. The van der Waals surface area contributed by atoms with Gasteiger partial charge in [0.1, 0.15) is 11.6 Å². The number of halogens is 1. The first kappa shape index (κ1) is 13.8. The van der Waals surface area contributed by atoms with Crippen molar-refractivity contribution >= 4 is 0 Å². The summed E-state index contributed by atoms with van der Waals surface area (Å²) in [5.74, 6) is 1.26. The highest BCUT2D eigenvalue weighted by atomic mass is 19.1. The molecule has 1 unspecified atom stereocenters.